The molecule has 0 bridgehead atoms. The van der Waals surface area contributed by atoms with E-state index in [-0.39, 0.29) is 11.6 Å². The van der Waals surface area contributed by atoms with Crippen LogP contribution in [-0.4, -0.2) is 27.3 Å². The molecule has 2 amide bonds. The molecule has 8 heteroatoms. The normalized spacial score (nSPS) is 10.4. The summed E-state index contributed by atoms with van der Waals surface area (Å²) in [7, 11) is 0. The first-order valence-electron chi connectivity index (χ1n) is 8.12. The lowest BCUT2D eigenvalue weighted by Gasteiger charge is -2.09. The molecule has 0 spiro atoms. The van der Waals surface area contributed by atoms with Crippen LogP contribution in [0.4, 0.5) is 4.39 Å². The molecule has 0 aliphatic carbocycles. The number of carbonyl (C=O) groups excluding carboxylic acids is 2. The van der Waals surface area contributed by atoms with Gasteiger partial charge in [0.2, 0.25) is 5.91 Å². The summed E-state index contributed by atoms with van der Waals surface area (Å²) in [6.45, 7) is 1.93. The van der Waals surface area contributed by atoms with Crippen LogP contribution in [0.15, 0.2) is 65.7 Å². The van der Waals surface area contributed by atoms with Crippen molar-refractivity contribution in [1.82, 2.24) is 20.6 Å². The molecule has 1 heterocycles. The minimum Gasteiger partial charge on any atom is -0.272 e. The van der Waals surface area contributed by atoms with Gasteiger partial charge >= 0.3 is 0 Å². The first-order chi connectivity index (χ1) is 13.0. The lowest BCUT2D eigenvalue weighted by atomic mass is 10.2. The van der Waals surface area contributed by atoms with Crippen molar-refractivity contribution in [1.29, 1.82) is 0 Å². The van der Waals surface area contributed by atoms with Crippen molar-refractivity contribution >= 4 is 23.6 Å². The number of hydrazine groups is 1. The van der Waals surface area contributed by atoms with Gasteiger partial charge < -0.3 is 0 Å². The molecule has 3 rings (SSSR count). The van der Waals surface area contributed by atoms with Crippen LogP contribution in [-0.2, 0) is 4.79 Å². The Balaban J connectivity index is 1.51. The fourth-order valence-corrected chi connectivity index (χ4v) is 3.07. The summed E-state index contributed by atoms with van der Waals surface area (Å²) >= 11 is 1.06. The number of hydrogen-bond donors (Lipinski definition) is 2. The number of thioether (sulfide) groups is 1. The topological polar surface area (TPSA) is 76.0 Å². The summed E-state index contributed by atoms with van der Waals surface area (Å²) in [5.41, 5.74) is 6.88. The first-order valence-corrected chi connectivity index (χ1v) is 9.11. The quantitative estimate of drug-likeness (QED) is 0.524. The van der Waals surface area contributed by atoms with Crippen LogP contribution in [0, 0.1) is 12.7 Å². The van der Waals surface area contributed by atoms with Crippen molar-refractivity contribution in [2.24, 2.45) is 0 Å². The van der Waals surface area contributed by atoms with E-state index in [0.29, 0.717) is 10.5 Å². The van der Waals surface area contributed by atoms with E-state index in [1.165, 1.54) is 6.07 Å². The molecule has 0 radical (unpaired) electrons. The Hall–Kier alpha value is -3.13. The molecular weight excluding hydrogens is 367 g/mol. The molecule has 2 aromatic carbocycles. The number of benzene rings is 2. The Kier molecular flexibility index (Phi) is 5.87. The van der Waals surface area contributed by atoms with Gasteiger partial charge in [0.05, 0.1) is 11.4 Å². The summed E-state index contributed by atoms with van der Waals surface area (Å²) in [6, 6.07) is 14.9. The zero-order chi connectivity index (χ0) is 19.2. The van der Waals surface area contributed by atoms with Crippen molar-refractivity contribution in [3.8, 4) is 5.69 Å². The molecule has 0 unspecified atom stereocenters. The predicted octanol–water partition coefficient (Wildman–Crippen LogP) is 2.87. The van der Waals surface area contributed by atoms with Crippen LogP contribution in [0.5, 0.6) is 0 Å². The van der Waals surface area contributed by atoms with E-state index < -0.39 is 11.8 Å². The summed E-state index contributed by atoms with van der Waals surface area (Å²) in [5, 5.41) is 4.20. The van der Waals surface area contributed by atoms with E-state index in [9.17, 15) is 14.0 Å². The van der Waals surface area contributed by atoms with Gasteiger partial charge in [0.25, 0.3) is 5.91 Å². The highest BCUT2D eigenvalue weighted by Crippen LogP contribution is 2.20. The first kappa shape index (κ1) is 18.7. The minimum absolute atomic E-state index is 0.0152. The Morgan fingerprint density at radius 2 is 1.81 bits per heavy atom. The van der Waals surface area contributed by atoms with Gasteiger partial charge in [-0.3, -0.25) is 20.4 Å². The second-order valence-corrected chi connectivity index (χ2v) is 6.67. The smallest absolute Gasteiger partial charge is 0.269 e. The van der Waals surface area contributed by atoms with Crippen molar-refractivity contribution < 1.29 is 14.0 Å². The van der Waals surface area contributed by atoms with E-state index in [0.717, 1.165) is 23.1 Å². The van der Waals surface area contributed by atoms with Crippen molar-refractivity contribution in [3.05, 3.63) is 77.9 Å². The Labute approximate surface area is 159 Å². The maximum absolute atomic E-state index is 13.5. The summed E-state index contributed by atoms with van der Waals surface area (Å²) in [4.78, 5) is 24.3. The number of carbonyl (C=O) groups is 2. The van der Waals surface area contributed by atoms with Gasteiger partial charge in [0, 0.05) is 22.3 Å². The number of aryl methyl sites for hydroxylation is 1. The monoisotopic (exact) mass is 384 g/mol. The molecule has 0 saturated heterocycles. The third-order valence-corrected chi connectivity index (χ3v) is 4.77. The second kappa shape index (κ2) is 8.50. The summed E-state index contributed by atoms with van der Waals surface area (Å²) in [6.07, 6.45) is 1.70. The van der Waals surface area contributed by atoms with E-state index in [1.807, 2.05) is 13.0 Å². The van der Waals surface area contributed by atoms with Crippen LogP contribution < -0.4 is 10.9 Å². The fraction of sp³-hybridized carbons (Fsp3) is 0.105. The van der Waals surface area contributed by atoms with Gasteiger partial charge in [-0.05, 0) is 49.4 Å². The summed E-state index contributed by atoms with van der Waals surface area (Å²) < 4.78 is 15.3. The van der Waals surface area contributed by atoms with E-state index in [2.05, 4.69) is 16.0 Å². The standard InChI is InChI=1S/C19H17FN4O2S/c1-13-10-11-21-24(13)15-8-6-14(7-9-15)19(26)23-22-18(25)12-27-17-5-3-2-4-16(17)20/h2-11H,12H2,1H3,(H,22,25)(H,23,26). The molecule has 138 valence electrons. The van der Waals surface area contributed by atoms with Crippen molar-refractivity contribution in [3.63, 3.8) is 0 Å². The molecule has 27 heavy (non-hydrogen) atoms. The Bertz CT molecular complexity index is 956. The molecule has 0 atom stereocenters. The third kappa shape index (κ3) is 4.73. The molecule has 0 saturated carbocycles. The number of aromatic nitrogens is 2. The van der Waals surface area contributed by atoms with Gasteiger partial charge in [0.1, 0.15) is 5.82 Å². The minimum atomic E-state index is -0.442. The maximum atomic E-state index is 13.5. The average Bonchev–Trinajstić information content (AvgIpc) is 3.11. The number of rotatable bonds is 5. The molecule has 0 aliphatic rings. The number of nitrogens with one attached hydrogen (secondary N) is 2. The average molecular weight is 384 g/mol. The SMILES string of the molecule is Cc1ccnn1-c1ccc(C(=O)NNC(=O)CSc2ccccc2F)cc1. The zero-order valence-corrected chi connectivity index (χ0v) is 15.3. The van der Waals surface area contributed by atoms with E-state index in [4.69, 9.17) is 0 Å². The molecular formula is C19H17FN4O2S. The van der Waals surface area contributed by atoms with Crippen LogP contribution >= 0.6 is 11.8 Å². The number of nitrogens with zero attached hydrogens (tertiary/aromatic N) is 2. The van der Waals surface area contributed by atoms with Gasteiger partial charge in [-0.25, -0.2) is 9.07 Å². The molecule has 1 aromatic heterocycles. The highest BCUT2D eigenvalue weighted by molar-refractivity contribution is 8.00. The van der Waals surface area contributed by atoms with Crippen LogP contribution in [0.2, 0.25) is 0 Å². The van der Waals surface area contributed by atoms with E-state index >= 15 is 0 Å². The molecule has 3 aromatic rings. The molecule has 0 fully saturated rings. The number of amides is 2. The lowest BCUT2D eigenvalue weighted by molar-refractivity contribution is -0.119. The molecule has 6 nitrogen and oxygen atoms in total. The Morgan fingerprint density at radius 1 is 1.07 bits per heavy atom. The van der Waals surface area contributed by atoms with Crippen LogP contribution in [0.3, 0.4) is 0 Å². The van der Waals surface area contributed by atoms with E-state index in [1.54, 1.807) is 53.3 Å². The van der Waals surface area contributed by atoms with Gasteiger partial charge in [0.15, 0.2) is 0 Å². The van der Waals surface area contributed by atoms with Crippen LogP contribution in [0.25, 0.3) is 5.69 Å². The molecule has 0 aliphatic heterocycles. The highest BCUT2D eigenvalue weighted by atomic mass is 32.2. The van der Waals surface area contributed by atoms with Gasteiger partial charge in [-0.15, -0.1) is 11.8 Å². The second-order valence-electron chi connectivity index (χ2n) is 5.65. The Morgan fingerprint density at radius 3 is 2.48 bits per heavy atom. The fourth-order valence-electron chi connectivity index (χ4n) is 2.33. The number of hydrogen-bond acceptors (Lipinski definition) is 4. The highest BCUT2D eigenvalue weighted by Gasteiger charge is 2.10. The van der Waals surface area contributed by atoms with Crippen molar-refractivity contribution in [2.75, 3.05) is 5.75 Å². The molecule has 2 N–H and O–H groups in total. The number of halogens is 1. The maximum Gasteiger partial charge on any atom is 0.269 e. The van der Waals surface area contributed by atoms with Crippen LogP contribution in [0.1, 0.15) is 16.1 Å². The predicted molar refractivity (Wildman–Crippen MR) is 101 cm³/mol. The van der Waals surface area contributed by atoms with Gasteiger partial charge in [-0.2, -0.15) is 5.10 Å². The van der Waals surface area contributed by atoms with Gasteiger partial charge in [-0.1, -0.05) is 12.1 Å². The third-order valence-electron chi connectivity index (χ3n) is 3.72. The lowest BCUT2D eigenvalue weighted by Crippen LogP contribution is -2.42. The zero-order valence-electron chi connectivity index (χ0n) is 14.5. The summed E-state index contributed by atoms with van der Waals surface area (Å²) in [5.74, 6) is -1.27. The largest absolute Gasteiger partial charge is 0.272 e. The van der Waals surface area contributed by atoms with Crippen molar-refractivity contribution in [2.45, 2.75) is 11.8 Å².